The van der Waals surface area contributed by atoms with Crippen molar-refractivity contribution in [3.8, 4) is 0 Å². The van der Waals surface area contributed by atoms with E-state index in [0.717, 1.165) is 23.8 Å². The molecule has 2 aromatic rings. The highest BCUT2D eigenvalue weighted by atomic mass is 35.5. The van der Waals surface area contributed by atoms with E-state index in [0.29, 0.717) is 11.1 Å². The third-order valence-corrected chi connectivity index (χ3v) is 4.54. The Balaban J connectivity index is 2.37. The van der Waals surface area contributed by atoms with Crippen LogP contribution in [0.3, 0.4) is 0 Å². The Morgan fingerprint density at radius 3 is 2.26 bits per heavy atom. The summed E-state index contributed by atoms with van der Waals surface area (Å²) in [6.45, 7) is 3.87. The normalized spacial score (nSPS) is 12.5. The van der Waals surface area contributed by atoms with Crippen LogP contribution >= 0.6 is 11.6 Å². The molecule has 0 saturated heterocycles. The first-order valence-corrected chi connectivity index (χ1v) is 8.99. The second-order valence-corrected chi connectivity index (χ2v) is 6.79. The third-order valence-electron chi connectivity index (χ3n) is 4.23. The number of alkyl halides is 3. The molecule has 0 aliphatic rings. The smallest absolute Gasteiger partial charge is 0.257 e. The van der Waals surface area contributed by atoms with Crippen molar-refractivity contribution in [1.82, 2.24) is 5.32 Å². The van der Waals surface area contributed by atoms with Gasteiger partial charge >= 0.3 is 0 Å². The van der Waals surface area contributed by atoms with Crippen LogP contribution in [0.15, 0.2) is 36.4 Å². The van der Waals surface area contributed by atoms with E-state index in [4.69, 9.17) is 11.6 Å². The van der Waals surface area contributed by atoms with Gasteiger partial charge in [-0.15, -0.1) is 11.6 Å². The Labute approximate surface area is 160 Å². The van der Waals surface area contributed by atoms with Gasteiger partial charge in [-0.05, 0) is 34.7 Å². The lowest BCUT2D eigenvalue weighted by atomic mass is 9.92. The van der Waals surface area contributed by atoms with Gasteiger partial charge in [0.2, 0.25) is 6.43 Å². The molecule has 2 aromatic carbocycles. The van der Waals surface area contributed by atoms with Crippen LogP contribution in [0.4, 0.5) is 17.6 Å². The van der Waals surface area contributed by atoms with Crippen LogP contribution in [-0.4, -0.2) is 18.2 Å². The highest BCUT2D eigenvalue weighted by Crippen LogP contribution is 2.27. The van der Waals surface area contributed by atoms with Crippen LogP contribution in [0.1, 0.15) is 52.9 Å². The Hall–Kier alpha value is -2.08. The van der Waals surface area contributed by atoms with Crippen LogP contribution in [0.25, 0.3) is 0 Å². The van der Waals surface area contributed by atoms with Crippen LogP contribution < -0.4 is 5.32 Å². The van der Waals surface area contributed by atoms with Crippen LogP contribution in [0.5, 0.6) is 0 Å². The third kappa shape index (κ3) is 5.22. The van der Waals surface area contributed by atoms with Gasteiger partial charge in [0.1, 0.15) is 17.2 Å². The van der Waals surface area contributed by atoms with Crippen molar-refractivity contribution in [1.29, 1.82) is 0 Å². The summed E-state index contributed by atoms with van der Waals surface area (Å²) in [4.78, 5) is 12.3. The monoisotopic (exact) mass is 401 g/mol. The maximum absolute atomic E-state index is 13.8. The van der Waals surface area contributed by atoms with Crippen molar-refractivity contribution >= 4 is 17.5 Å². The van der Waals surface area contributed by atoms with Gasteiger partial charge in [-0.3, -0.25) is 4.79 Å². The predicted octanol–water partition coefficient (Wildman–Crippen LogP) is 5.61. The van der Waals surface area contributed by atoms with E-state index in [9.17, 15) is 22.4 Å². The number of carbonyl (C=O) groups excluding carboxylic acids is 1. The molecule has 1 N–H and O–H groups in total. The molecule has 1 amide bonds. The lowest BCUT2D eigenvalue weighted by Crippen LogP contribution is -2.32. The molecule has 0 radical (unpaired) electrons. The maximum atomic E-state index is 13.8. The van der Waals surface area contributed by atoms with E-state index in [1.165, 1.54) is 0 Å². The van der Waals surface area contributed by atoms with Crippen molar-refractivity contribution in [2.24, 2.45) is 0 Å². The minimum Gasteiger partial charge on any atom is -0.344 e. The zero-order valence-electron chi connectivity index (χ0n) is 14.9. The van der Waals surface area contributed by atoms with Crippen LogP contribution in [0.2, 0.25) is 0 Å². The van der Waals surface area contributed by atoms with Gasteiger partial charge in [-0.2, -0.15) is 0 Å². The summed E-state index contributed by atoms with van der Waals surface area (Å²) < 4.78 is 53.7. The molecule has 0 heterocycles. The van der Waals surface area contributed by atoms with Crippen molar-refractivity contribution in [2.75, 3.05) is 5.88 Å². The minimum atomic E-state index is -2.58. The molecule has 146 valence electrons. The summed E-state index contributed by atoms with van der Waals surface area (Å²) in [7, 11) is 0. The molecular weight excluding hydrogens is 382 g/mol. The maximum Gasteiger partial charge on any atom is 0.257 e. The number of rotatable bonds is 7. The summed E-state index contributed by atoms with van der Waals surface area (Å²) in [5.74, 6) is -3.02. The molecule has 0 aliphatic carbocycles. The van der Waals surface area contributed by atoms with Crippen molar-refractivity contribution in [3.05, 3.63) is 70.3 Å². The SMILES string of the molecule is CC(C)c1ccc(C(CCl)NC(=O)c2c(F)cccc2F)c(CC(F)F)c1. The molecule has 0 fully saturated rings. The van der Waals surface area contributed by atoms with E-state index in [2.05, 4.69) is 5.32 Å². The van der Waals surface area contributed by atoms with E-state index in [-0.39, 0.29) is 11.8 Å². The summed E-state index contributed by atoms with van der Waals surface area (Å²) in [6.07, 6.45) is -3.09. The molecule has 1 unspecified atom stereocenters. The average molecular weight is 402 g/mol. The highest BCUT2D eigenvalue weighted by Gasteiger charge is 2.23. The molecular formula is C20H20ClF4NO. The van der Waals surface area contributed by atoms with Gasteiger partial charge < -0.3 is 5.32 Å². The standard InChI is InChI=1S/C20H20ClF4NO/c1-11(2)12-6-7-14(13(8-12)9-18(24)25)17(10-21)26-20(27)19-15(22)4-3-5-16(19)23/h3-8,11,17-18H,9-10H2,1-2H3,(H,26,27). The molecule has 1 atom stereocenters. The fourth-order valence-corrected chi connectivity index (χ4v) is 3.06. The largest absolute Gasteiger partial charge is 0.344 e. The summed E-state index contributed by atoms with van der Waals surface area (Å²) in [6, 6.07) is 7.25. The molecule has 2 rings (SSSR count). The number of benzene rings is 2. The topological polar surface area (TPSA) is 29.1 Å². The minimum absolute atomic E-state index is 0.132. The Morgan fingerprint density at radius 2 is 1.74 bits per heavy atom. The quantitative estimate of drug-likeness (QED) is 0.474. The second-order valence-electron chi connectivity index (χ2n) is 6.49. The number of hydrogen-bond acceptors (Lipinski definition) is 1. The van der Waals surface area contributed by atoms with Gasteiger partial charge in [0.05, 0.1) is 6.04 Å². The van der Waals surface area contributed by atoms with Gasteiger partial charge in [0.15, 0.2) is 0 Å². The van der Waals surface area contributed by atoms with Gasteiger partial charge in [0, 0.05) is 12.3 Å². The molecule has 7 heteroatoms. The molecule has 27 heavy (non-hydrogen) atoms. The number of carbonyl (C=O) groups is 1. The van der Waals surface area contributed by atoms with E-state index in [1.54, 1.807) is 18.2 Å². The van der Waals surface area contributed by atoms with Crippen molar-refractivity contribution in [2.45, 2.75) is 38.7 Å². The predicted molar refractivity (Wildman–Crippen MR) is 97.5 cm³/mol. The lowest BCUT2D eigenvalue weighted by molar-refractivity contribution is 0.0931. The summed E-state index contributed by atoms with van der Waals surface area (Å²) >= 11 is 5.93. The zero-order chi connectivity index (χ0) is 20.1. The van der Waals surface area contributed by atoms with E-state index < -0.39 is 42.0 Å². The first-order valence-electron chi connectivity index (χ1n) is 8.46. The fraction of sp³-hybridized carbons (Fsp3) is 0.350. The lowest BCUT2D eigenvalue weighted by Gasteiger charge is -2.22. The molecule has 0 saturated carbocycles. The van der Waals surface area contributed by atoms with Crippen molar-refractivity contribution in [3.63, 3.8) is 0 Å². The summed E-state index contributed by atoms with van der Waals surface area (Å²) in [5.41, 5.74) is 0.881. The molecule has 0 spiro atoms. The van der Waals surface area contributed by atoms with Crippen LogP contribution in [-0.2, 0) is 6.42 Å². The van der Waals surface area contributed by atoms with Gasteiger partial charge in [-0.1, -0.05) is 38.1 Å². The van der Waals surface area contributed by atoms with Gasteiger partial charge in [0.25, 0.3) is 5.91 Å². The van der Waals surface area contributed by atoms with E-state index in [1.807, 2.05) is 13.8 Å². The molecule has 2 nitrogen and oxygen atoms in total. The summed E-state index contributed by atoms with van der Waals surface area (Å²) in [5, 5.41) is 2.45. The number of hydrogen-bond donors (Lipinski definition) is 1. The Kier molecular flexibility index (Phi) is 7.25. The average Bonchev–Trinajstić information content (AvgIpc) is 2.59. The molecule has 0 aliphatic heterocycles. The molecule has 0 bridgehead atoms. The number of amides is 1. The zero-order valence-corrected chi connectivity index (χ0v) is 15.7. The first-order chi connectivity index (χ1) is 12.7. The second kappa shape index (κ2) is 9.22. The first kappa shape index (κ1) is 21.2. The van der Waals surface area contributed by atoms with Gasteiger partial charge in [-0.25, -0.2) is 17.6 Å². The Morgan fingerprint density at radius 1 is 1.11 bits per heavy atom. The Bertz CT molecular complexity index is 790. The van der Waals surface area contributed by atoms with E-state index >= 15 is 0 Å². The van der Waals surface area contributed by atoms with Crippen molar-refractivity contribution < 1.29 is 22.4 Å². The number of halogens is 5. The molecule has 0 aromatic heterocycles. The highest BCUT2D eigenvalue weighted by molar-refractivity contribution is 6.18. The number of nitrogens with one attached hydrogen (secondary N) is 1. The fourth-order valence-electron chi connectivity index (χ4n) is 2.81. The van der Waals surface area contributed by atoms with Crippen LogP contribution in [0, 0.1) is 11.6 Å².